The Labute approximate surface area is 105 Å². The lowest BCUT2D eigenvalue weighted by atomic mass is 10.2. The van der Waals surface area contributed by atoms with E-state index in [-0.39, 0.29) is 4.71 Å². The molecule has 1 unspecified atom stereocenters. The Morgan fingerprint density at radius 2 is 2.31 bits per heavy atom. The van der Waals surface area contributed by atoms with E-state index in [2.05, 4.69) is 17.9 Å². The van der Waals surface area contributed by atoms with Crippen LogP contribution in [-0.2, 0) is 0 Å². The van der Waals surface area contributed by atoms with Gasteiger partial charge in [0, 0.05) is 11.4 Å². The molecule has 16 heavy (non-hydrogen) atoms. The minimum absolute atomic E-state index is 0.265. The van der Waals surface area contributed by atoms with Crippen molar-refractivity contribution in [3.05, 3.63) is 18.2 Å². The highest BCUT2D eigenvalue weighted by atomic mass is 32.2. The Hall–Kier alpha value is -0.520. The second-order valence-corrected chi connectivity index (χ2v) is 5.52. The van der Waals surface area contributed by atoms with Crippen LogP contribution in [0, 0.1) is 0 Å². The van der Waals surface area contributed by atoms with Gasteiger partial charge in [-0.2, -0.15) is 0 Å². The van der Waals surface area contributed by atoms with Gasteiger partial charge in [-0.15, -0.1) is 0 Å². The fourth-order valence-corrected chi connectivity index (χ4v) is 3.86. The summed E-state index contributed by atoms with van der Waals surface area (Å²) in [6, 6.07) is 6.19. The Morgan fingerprint density at radius 1 is 1.50 bits per heavy atom. The number of hydrogen-bond acceptors (Lipinski definition) is 5. The van der Waals surface area contributed by atoms with E-state index in [4.69, 9.17) is 9.88 Å². The fourth-order valence-electron chi connectivity index (χ4n) is 1.84. The predicted molar refractivity (Wildman–Crippen MR) is 72.1 cm³/mol. The summed E-state index contributed by atoms with van der Waals surface area (Å²) in [4.78, 5) is 3.55. The van der Waals surface area contributed by atoms with Crippen LogP contribution >= 0.6 is 23.7 Å². The lowest BCUT2D eigenvalue weighted by Crippen LogP contribution is -2.27. The Kier molecular flexibility index (Phi) is 3.89. The molecule has 0 aromatic heterocycles. The molecule has 1 aliphatic rings. The van der Waals surface area contributed by atoms with Gasteiger partial charge in [0.2, 0.25) is 0 Å². The zero-order valence-corrected chi connectivity index (χ0v) is 11.1. The Morgan fingerprint density at radius 3 is 2.94 bits per heavy atom. The van der Waals surface area contributed by atoms with E-state index in [0.717, 1.165) is 12.3 Å². The first kappa shape index (κ1) is 12.0. The molecule has 0 saturated heterocycles. The number of hydrogen-bond donors (Lipinski definition) is 1. The van der Waals surface area contributed by atoms with Crippen molar-refractivity contribution in [3.63, 3.8) is 0 Å². The summed E-state index contributed by atoms with van der Waals surface area (Å²) in [5.74, 6) is 0.964. The molecule has 2 N–H and O–H groups in total. The maximum absolute atomic E-state index is 5.72. The molecular formula is C11H16N2OS2. The van der Waals surface area contributed by atoms with Gasteiger partial charge in [0.25, 0.3) is 0 Å². The molecule has 0 aliphatic carbocycles. The van der Waals surface area contributed by atoms with Crippen molar-refractivity contribution in [3.8, 4) is 5.75 Å². The van der Waals surface area contributed by atoms with E-state index in [1.807, 2.05) is 19.1 Å². The molecule has 2 rings (SSSR count). The van der Waals surface area contributed by atoms with E-state index >= 15 is 0 Å². The Balaban J connectivity index is 2.38. The van der Waals surface area contributed by atoms with Crippen LogP contribution in [0.3, 0.4) is 0 Å². The van der Waals surface area contributed by atoms with E-state index in [0.29, 0.717) is 6.61 Å². The van der Waals surface area contributed by atoms with Gasteiger partial charge in [0.15, 0.2) is 0 Å². The second-order valence-electron chi connectivity index (χ2n) is 3.38. The number of nitrogens with zero attached hydrogens (tertiary/aromatic N) is 1. The summed E-state index contributed by atoms with van der Waals surface area (Å²) in [5, 5.41) is 5.72. The number of para-hydroxylation sites is 1. The van der Waals surface area contributed by atoms with Crippen molar-refractivity contribution in [1.82, 2.24) is 0 Å². The van der Waals surface area contributed by atoms with Crippen molar-refractivity contribution in [2.75, 3.05) is 18.1 Å². The predicted octanol–water partition coefficient (Wildman–Crippen LogP) is 2.91. The molecule has 0 amide bonds. The topological polar surface area (TPSA) is 38.5 Å². The van der Waals surface area contributed by atoms with Crippen molar-refractivity contribution in [2.45, 2.75) is 23.4 Å². The summed E-state index contributed by atoms with van der Waals surface area (Å²) in [7, 11) is 0. The molecule has 3 nitrogen and oxygen atoms in total. The monoisotopic (exact) mass is 256 g/mol. The molecular weight excluding hydrogens is 240 g/mol. The van der Waals surface area contributed by atoms with Crippen molar-refractivity contribution >= 4 is 29.4 Å². The summed E-state index contributed by atoms with van der Waals surface area (Å²) in [6.45, 7) is 5.78. The van der Waals surface area contributed by atoms with Crippen LogP contribution in [0.1, 0.15) is 13.8 Å². The third kappa shape index (κ3) is 1.99. The van der Waals surface area contributed by atoms with Gasteiger partial charge in [-0.25, -0.2) is 0 Å². The molecule has 0 spiro atoms. The number of thioether (sulfide) groups is 1. The fraction of sp³-hybridized carbons (Fsp3) is 0.455. The lowest BCUT2D eigenvalue weighted by Gasteiger charge is -2.24. The molecule has 1 aliphatic heterocycles. The normalized spacial score (nSPS) is 18.7. The first-order chi connectivity index (χ1) is 7.81. The molecule has 0 bridgehead atoms. The highest BCUT2D eigenvalue weighted by molar-refractivity contribution is 8.16. The SMILES string of the molecule is CCOc1cccc2c1N(CC)C(SN)S2. The molecule has 1 aromatic rings. The van der Waals surface area contributed by atoms with Crippen LogP contribution in [0.2, 0.25) is 0 Å². The van der Waals surface area contributed by atoms with Crippen molar-refractivity contribution < 1.29 is 4.74 Å². The molecule has 0 fully saturated rings. The van der Waals surface area contributed by atoms with Gasteiger partial charge in [-0.05, 0) is 37.9 Å². The molecule has 1 aromatic carbocycles. The van der Waals surface area contributed by atoms with Gasteiger partial charge in [0.05, 0.1) is 12.3 Å². The molecule has 0 saturated carbocycles. The van der Waals surface area contributed by atoms with Gasteiger partial charge in [-0.3, -0.25) is 5.14 Å². The highest BCUT2D eigenvalue weighted by Crippen LogP contribution is 2.50. The van der Waals surface area contributed by atoms with Gasteiger partial charge < -0.3 is 9.64 Å². The molecule has 1 atom stereocenters. The standard InChI is InChI=1S/C11H16N2OS2/c1-3-13-10-8(14-4-2)6-5-7-9(10)15-11(13)16-12/h5-7,11H,3-4,12H2,1-2H3. The number of nitrogens with two attached hydrogens (primary N) is 1. The summed E-state index contributed by atoms with van der Waals surface area (Å²) in [6.07, 6.45) is 0. The molecule has 1 heterocycles. The van der Waals surface area contributed by atoms with Crippen LogP contribution in [0.5, 0.6) is 5.75 Å². The van der Waals surface area contributed by atoms with Gasteiger partial charge >= 0.3 is 0 Å². The lowest BCUT2D eigenvalue weighted by molar-refractivity contribution is 0.340. The number of rotatable bonds is 4. The third-order valence-corrected chi connectivity index (χ3v) is 4.64. The van der Waals surface area contributed by atoms with Crippen LogP contribution in [0.4, 0.5) is 5.69 Å². The summed E-state index contributed by atoms with van der Waals surface area (Å²) < 4.78 is 5.93. The zero-order chi connectivity index (χ0) is 11.5. The maximum atomic E-state index is 5.72. The minimum atomic E-state index is 0.265. The second kappa shape index (κ2) is 5.21. The smallest absolute Gasteiger partial charge is 0.143 e. The highest BCUT2D eigenvalue weighted by Gasteiger charge is 2.31. The van der Waals surface area contributed by atoms with E-state index in [1.54, 1.807) is 11.8 Å². The van der Waals surface area contributed by atoms with Crippen molar-refractivity contribution in [2.24, 2.45) is 5.14 Å². The average molecular weight is 256 g/mol. The number of ether oxygens (including phenoxy) is 1. The number of anilines is 1. The quantitative estimate of drug-likeness (QED) is 0.839. The number of fused-ring (bicyclic) bond motifs is 1. The van der Waals surface area contributed by atoms with Crippen LogP contribution in [-0.4, -0.2) is 17.9 Å². The first-order valence-corrected chi connectivity index (χ1v) is 7.18. The van der Waals surface area contributed by atoms with Crippen LogP contribution < -0.4 is 14.8 Å². The van der Waals surface area contributed by atoms with Crippen LogP contribution in [0.15, 0.2) is 23.1 Å². The molecule has 0 radical (unpaired) electrons. The van der Waals surface area contributed by atoms with E-state index < -0.39 is 0 Å². The van der Waals surface area contributed by atoms with Crippen LogP contribution in [0.25, 0.3) is 0 Å². The largest absolute Gasteiger partial charge is 0.492 e. The Bertz CT molecular complexity index is 373. The summed E-state index contributed by atoms with van der Waals surface area (Å²) in [5.41, 5.74) is 1.19. The maximum Gasteiger partial charge on any atom is 0.143 e. The minimum Gasteiger partial charge on any atom is -0.492 e. The third-order valence-electron chi connectivity index (χ3n) is 2.49. The van der Waals surface area contributed by atoms with Gasteiger partial charge in [0.1, 0.15) is 10.5 Å². The first-order valence-electron chi connectivity index (χ1n) is 5.36. The summed E-state index contributed by atoms with van der Waals surface area (Å²) >= 11 is 3.17. The zero-order valence-electron chi connectivity index (χ0n) is 9.47. The van der Waals surface area contributed by atoms with E-state index in [9.17, 15) is 0 Å². The van der Waals surface area contributed by atoms with Gasteiger partial charge in [-0.1, -0.05) is 17.8 Å². The average Bonchev–Trinajstić information content (AvgIpc) is 2.68. The van der Waals surface area contributed by atoms with E-state index in [1.165, 1.54) is 22.5 Å². The van der Waals surface area contributed by atoms with Crippen molar-refractivity contribution in [1.29, 1.82) is 0 Å². The molecule has 5 heteroatoms. The molecule has 88 valence electrons. The number of benzene rings is 1.